The number of anilines is 1. The molecule has 3 nitrogen and oxygen atoms in total. The Labute approximate surface area is 127 Å². The Kier molecular flexibility index (Phi) is 4.30. The third kappa shape index (κ3) is 3.13. The Balaban J connectivity index is 1.75. The van der Waals surface area contributed by atoms with E-state index in [4.69, 9.17) is 4.42 Å². The molecule has 0 amide bonds. The lowest BCUT2D eigenvalue weighted by Gasteiger charge is -2.30. The summed E-state index contributed by atoms with van der Waals surface area (Å²) in [4.78, 5) is 2.44. The van der Waals surface area contributed by atoms with Gasteiger partial charge in [0.05, 0.1) is 13.1 Å². The molecular formula is C18H24N2O. The van der Waals surface area contributed by atoms with Crippen LogP contribution >= 0.6 is 0 Å². The van der Waals surface area contributed by atoms with Gasteiger partial charge in [-0.05, 0) is 49.6 Å². The van der Waals surface area contributed by atoms with Crippen LogP contribution in [0.15, 0.2) is 34.7 Å². The maximum atomic E-state index is 6.03. The summed E-state index contributed by atoms with van der Waals surface area (Å²) < 4.78 is 6.03. The van der Waals surface area contributed by atoms with Crippen LogP contribution in [0.3, 0.4) is 0 Å². The number of para-hydroxylation sites is 1. The topological polar surface area (TPSA) is 28.4 Å². The van der Waals surface area contributed by atoms with Gasteiger partial charge in [0, 0.05) is 12.2 Å². The Morgan fingerprint density at radius 1 is 1.29 bits per heavy atom. The van der Waals surface area contributed by atoms with Crippen molar-refractivity contribution in [2.45, 2.75) is 39.8 Å². The molecule has 0 unspecified atom stereocenters. The standard InChI is InChI=1S/C18H24N2O/c1-3-19-12-18-14(2)11-16(21-18)13-20-10-6-8-15-7-4-5-9-17(15)20/h4-5,7,9,11,19H,3,6,8,10,12-13H2,1-2H3. The molecule has 2 heterocycles. The summed E-state index contributed by atoms with van der Waals surface area (Å²) in [5, 5.41) is 3.33. The van der Waals surface area contributed by atoms with Crippen LogP contribution in [0, 0.1) is 6.92 Å². The van der Waals surface area contributed by atoms with Gasteiger partial charge in [-0.1, -0.05) is 25.1 Å². The third-order valence-electron chi connectivity index (χ3n) is 4.16. The first-order valence-corrected chi connectivity index (χ1v) is 7.89. The van der Waals surface area contributed by atoms with E-state index in [1.807, 2.05) is 0 Å². The summed E-state index contributed by atoms with van der Waals surface area (Å²) in [6, 6.07) is 10.9. The predicted molar refractivity (Wildman–Crippen MR) is 86.6 cm³/mol. The van der Waals surface area contributed by atoms with E-state index in [9.17, 15) is 0 Å². The molecule has 1 N–H and O–H groups in total. The molecular weight excluding hydrogens is 260 g/mol. The summed E-state index contributed by atoms with van der Waals surface area (Å²) in [5.74, 6) is 2.13. The van der Waals surface area contributed by atoms with Crippen LogP contribution < -0.4 is 10.2 Å². The number of nitrogens with zero attached hydrogens (tertiary/aromatic N) is 1. The maximum Gasteiger partial charge on any atom is 0.123 e. The summed E-state index contributed by atoms with van der Waals surface area (Å²) in [6.45, 7) is 8.00. The minimum atomic E-state index is 0.818. The maximum absolute atomic E-state index is 6.03. The van der Waals surface area contributed by atoms with Gasteiger partial charge in [-0.3, -0.25) is 0 Å². The van der Waals surface area contributed by atoms with Gasteiger partial charge in [-0.15, -0.1) is 0 Å². The highest BCUT2D eigenvalue weighted by molar-refractivity contribution is 5.55. The zero-order valence-corrected chi connectivity index (χ0v) is 13.0. The third-order valence-corrected chi connectivity index (χ3v) is 4.16. The molecule has 0 spiro atoms. The number of rotatable bonds is 5. The lowest BCUT2D eigenvalue weighted by atomic mass is 10.0. The van der Waals surface area contributed by atoms with Crippen LogP contribution in [0.25, 0.3) is 0 Å². The molecule has 0 bridgehead atoms. The van der Waals surface area contributed by atoms with Crippen molar-refractivity contribution in [3.8, 4) is 0 Å². The lowest BCUT2D eigenvalue weighted by molar-refractivity contribution is 0.442. The van der Waals surface area contributed by atoms with E-state index in [1.165, 1.54) is 29.7 Å². The van der Waals surface area contributed by atoms with E-state index in [2.05, 4.69) is 54.4 Å². The molecule has 0 fully saturated rings. The molecule has 2 aromatic rings. The fraction of sp³-hybridized carbons (Fsp3) is 0.444. The molecule has 1 aliphatic rings. The first-order valence-electron chi connectivity index (χ1n) is 7.89. The molecule has 0 radical (unpaired) electrons. The van der Waals surface area contributed by atoms with Gasteiger partial charge in [0.2, 0.25) is 0 Å². The first-order chi connectivity index (χ1) is 10.3. The quantitative estimate of drug-likeness (QED) is 0.908. The fourth-order valence-corrected chi connectivity index (χ4v) is 3.05. The van der Waals surface area contributed by atoms with Crippen LogP contribution in [-0.2, 0) is 19.5 Å². The van der Waals surface area contributed by atoms with Crippen LogP contribution in [-0.4, -0.2) is 13.1 Å². The second kappa shape index (κ2) is 6.35. The minimum absolute atomic E-state index is 0.818. The molecule has 1 aliphatic heterocycles. The second-order valence-corrected chi connectivity index (χ2v) is 5.75. The SMILES string of the molecule is CCNCc1oc(CN2CCCc3ccccc32)cc1C. The second-order valence-electron chi connectivity index (χ2n) is 5.75. The normalized spacial score (nSPS) is 14.3. The number of benzene rings is 1. The van der Waals surface area contributed by atoms with Crippen LogP contribution in [0.5, 0.6) is 0 Å². The smallest absolute Gasteiger partial charge is 0.123 e. The number of hydrogen-bond acceptors (Lipinski definition) is 3. The average molecular weight is 284 g/mol. The Morgan fingerprint density at radius 3 is 3.00 bits per heavy atom. The van der Waals surface area contributed by atoms with Crippen molar-refractivity contribution in [1.82, 2.24) is 5.32 Å². The monoisotopic (exact) mass is 284 g/mol. The van der Waals surface area contributed by atoms with Crippen molar-refractivity contribution in [1.29, 1.82) is 0 Å². The summed E-state index contributed by atoms with van der Waals surface area (Å²) in [5.41, 5.74) is 4.07. The number of fused-ring (bicyclic) bond motifs is 1. The highest BCUT2D eigenvalue weighted by Crippen LogP contribution is 2.28. The molecule has 0 aliphatic carbocycles. The molecule has 0 atom stereocenters. The van der Waals surface area contributed by atoms with E-state index in [0.717, 1.165) is 37.7 Å². The van der Waals surface area contributed by atoms with Crippen LogP contribution in [0.2, 0.25) is 0 Å². The van der Waals surface area contributed by atoms with E-state index in [1.54, 1.807) is 0 Å². The molecule has 21 heavy (non-hydrogen) atoms. The summed E-state index contributed by atoms with van der Waals surface area (Å²) >= 11 is 0. The first kappa shape index (κ1) is 14.2. The van der Waals surface area contributed by atoms with E-state index >= 15 is 0 Å². The van der Waals surface area contributed by atoms with Gasteiger partial charge in [0.15, 0.2) is 0 Å². The van der Waals surface area contributed by atoms with Crippen molar-refractivity contribution in [3.63, 3.8) is 0 Å². The summed E-state index contributed by atoms with van der Waals surface area (Å²) in [6.07, 6.45) is 2.41. The Morgan fingerprint density at radius 2 is 2.14 bits per heavy atom. The van der Waals surface area contributed by atoms with Crippen LogP contribution in [0.1, 0.15) is 36.0 Å². The van der Waals surface area contributed by atoms with Crippen LogP contribution in [0.4, 0.5) is 5.69 Å². The molecule has 3 heteroatoms. The van der Waals surface area contributed by atoms with Gasteiger partial charge in [0.25, 0.3) is 0 Å². The molecule has 0 saturated carbocycles. The highest BCUT2D eigenvalue weighted by atomic mass is 16.3. The molecule has 112 valence electrons. The van der Waals surface area contributed by atoms with Crippen molar-refractivity contribution in [2.24, 2.45) is 0 Å². The zero-order valence-electron chi connectivity index (χ0n) is 13.0. The Hall–Kier alpha value is -1.74. The highest BCUT2D eigenvalue weighted by Gasteiger charge is 2.18. The van der Waals surface area contributed by atoms with Gasteiger partial charge < -0.3 is 14.6 Å². The number of furan rings is 1. The fourth-order valence-electron chi connectivity index (χ4n) is 3.05. The lowest BCUT2D eigenvalue weighted by Crippen LogP contribution is -2.28. The molecule has 0 saturated heterocycles. The van der Waals surface area contributed by atoms with Crippen molar-refractivity contribution in [2.75, 3.05) is 18.0 Å². The molecule has 1 aromatic carbocycles. The summed E-state index contributed by atoms with van der Waals surface area (Å²) in [7, 11) is 0. The zero-order chi connectivity index (χ0) is 14.7. The number of aryl methyl sites for hydroxylation is 2. The van der Waals surface area contributed by atoms with Crippen molar-refractivity contribution >= 4 is 5.69 Å². The number of nitrogens with one attached hydrogen (secondary N) is 1. The molecule has 3 rings (SSSR count). The van der Waals surface area contributed by atoms with Gasteiger partial charge >= 0.3 is 0 Å². The van der Waals surface area contributed by atoms with Crippen molar-refractivity contribution in [3.05, 3.63) is 53.0 Å². The number of hydrogen-bond donors (Lipinski definition) is 1. The van der Waals surface area contributed by atoms with Gasteiger partial charge in [-0.25, -0.2) is 0 Å². The van der Waals surface area contributed by atoms with E-state index < -0.39 is 0 Å². The predicted octanol–water partition coefficient (Wildman–Crippen LogP) is 3.65. The molecule has 1 aromatic heterocycles. The Bertz CT molecular complexity index is 603. The van der Waals surface area contributed by atoms with Crippen molar-refractivity contribution < 1.29 is 4.42 Å². The average Bonchev–Trinajstić information content (AvgIpc) is 2.85. The van der Waals surface area contributed by atoms with E-state index in [-0.39, 0.29) is 0 Å². The van der Waals surface area contributed by atoms with Gasteiger partial charge in [-0.2, -0.15) is 0 Å². The largest absolute Gasteiger partial charge is 0.463 e. The van der Waals surface area contributed by atoms with Gasteiger partial charge in [0.1, 0.15) is 11.5 Å². The minimum Gasteiger partial charge on any atom is -0.463 e. The van der Waals surface area contributed by atoms with E-state index in [0.29, 0.717) is 0 Å².